The van der Waals surface area contributed by atoms with Crippen LogP contribution in [0.4, 0.5) is 0 Å². The van der Waals surface area contributed by atoms with Crippen LogP contribution in [0.2, 0.25) is 5.54 Å². The number of hydrogen-bond acceptors (Lipinski definition) is 5. The topological polar surface area (TPSA) is 49.0 Å². The molecule has 1 saturated heterocycles. The third-order valence-corrected chi connectivity index (χ3v) is 6.06. The molecule has 2 rings (SSSR count). The molecule has 6 heteroatoms. The normalized spacial score (nSPS) is 21.2. The van der Waals surface area contributed by atoms with Crippen LogP contribution < -0.4 is 5.32 Å². The van der Waals surface area contributed by atoms with Crippen LogP contribution >= 0.6 is 0 Å². The Morgan fingerprint density at radius 3 is 1.62 bits per heavy atom. The van der Waals surface area contributed by atoms with E-state index in [2.05, 4.69) is 5.32 Å². The van der Waals surface area contributed by atoms with E-state index in [1.807, 2.05) is 0 Å². The first-order chi connectivity index (χ1) is 7.79. The highest BCUT2D eigenvalue weighted by Gasteiger charge is 2.53. The monoisotopic (exact) mass is 249 g/mol. The summed E-state index contributed by atoms with van der Waals surface area (Å²) in [6.07, 6.45) is 2.39. The summed E-state index contributed by atoms with van der Waals surface area (Å²) in [6.45, 7) is 3.83. The highest BCUT2D eigenvalue weighted by molar-refractivity contribution is 6.63. The zero-order chi connectivity index (χ0) is 11.9. The van der Waals surface area contributed by atoms with Crippen molar-refractivity contribution in [1.29, 1.82) is 0 Å². The molecule has 0 radical (unpaired) electrons. The van der Waals surface area contributed by atoms with Crippen LogP contribution in [0.25, 0.3) is 0 Å². The van der Waals surface area contributed by atoms with E-state index in [9.17, 15) is 0 Å². The minimum Gasteiger partial charge on any atom is -0.379 e. The zero-order valence-corrected chi connectivity index (χ0v) is 11.5. The molecule has 1 saturated carbocycles. The van der Waals surface area contributed by atoms with Gasteiger partial charge in [0, 0.05) is 40.0 Å². The van der Waals surface area contributed by atoms with Gasteiger partial charge in [0.1, 0.15) is 0 Å². The fraction of sp³-hybridized carbons (Fsp3) is 1.00. The molecule has 1 N–H and O–H groups in total. The van der Waals surface area contributed by atoms with Gasteiger partial charge in [0.05, 0.1) is 13.2 Å². The van der Waals surface area contributed by atoms with E-state index in [-0.39, 0.29) is 0 Å². The molecule has 96 valence electrons. The summed E-state index contributed by atoms with van der Waals surface area (Å²) in [4.78, 5) is 0. The van der Waals surface area contributed by atoms with Gasteiger partial charge in [0.15, 0.2) is 0 Å². The Morgan fingerprint density at radius 1 is 1.00 bits per heavy atom. The number of ether oxygens (including phenoxy) is 1. The van der Waals surface area contributed by atoms with Gasteiger partial charge in [-0.2, -0.15) is 0 Å². The standard InChI is InChI=1S/C6H14O3Si.C4H9NO/c1-7-10(8-2,9-3)6-4-5-6;1-3-6-4-2-5-1/h6H,4-5H2,1-3H3;5H,1-4H2. The van der Waals surface area contributed by atoms with Crippen molar-refractivity contribution in [3.05, 3.63) is 0 Å². The lowest BCUT2D eigenvalue weighted by Gasteiger charge is -2.23. The average molecular weight is 249 g/mol. The van der Waals surface area contributed by atoms with Crippen molar-refractivity contribution in [2.75, 3.05) is 47.6 Å². The smallest absolute Gasteiger partial charge is 0.379 e. The molecule has 2 fully saturated rings. The number of morpholine rings is 1. The molecule has 0 amide bonds. The zero-order valence-electron chi connectivity index (χ0n) is 10.5. The van der Waals surface area contributed by atoms with Crippen molar-refractivity contribution in [3.8, 4) is 0 Å². The van der Waals surface area contributed by atoms with Crippen LogP contribution in [0.5, 0.6) is 0 Å². The van der Waals surface area contributed by atoms with E-state index >= 15 is 0 Å². The first-order valence-electron chi connectivity index (χ1n) is 5.73. The second-order valence-corrected chi connectivity index (χ2v) is 7.10. The fourth-order valence-corrected chi connectivity index (χ4v) is 4.08. The summed E-state index contributed by atoms with van der Waals surface area (Å²) < 4.78 is 20.8. The Hall–Kier alpha value is 0.0169. The molecule has 0 bridgehead atoms. The maximum absolute atomic E-state index is 5.25. The number of nitrogens with one attached hydrogen (secondary N) is 1. The quantitative estimate of drug-likeness (QED) is 0.741. The summed E-state index contributed by atoms with van der Waals surface area (Å²) in [5.41, 5.74) is 0.562. The minimum absolute atomic E-state index is 0.562. The molecule has 5 nitrogen and oxygen atoms in total. The maximum atomic E-state index is 5.25. The number of rotatable bonds is 4. The van der Waals surface area contributed by atoms with Crippen LogP contribution in [0.3, 0.4) is 0 Å². The Balaban J connectivity index is 0.000000181. The lowest BCUT2D eigenvalue weighted by molar-refractivity contribution is 0.109. The van der Waals surface area contributed by atoms with E-state index in [1.165, 1.54) is 12.8 Å². The predicted molar refractivity (Wildman–Crippen MR) is 63.5 cm³/mol. The van der Waals surface area contributed by atoms with Gasteiger partial charge in [0.25, 0.3) is 0 Å². The summed E-state index contributed by atoms with van der Waals surface area (Å²) in [5, 5.41) is 3.16. The first kappa shape index (κ1) is 14.1. The molecule has 0 aromatic carbocycles. The summed E-state index contributed by atoms with van der Waals surface area (Å²) in [7, 11) is 2.81. The van der Waals surface area contributed by atoms with E-state index in [0.29, 0.717) is 5.54 Å². The summed E-state index contributed by atoms with van der Waals surface area (Å²) in [6, 6.07) is 0. The summed E-state index contributed by atoms with van der Waals surface area (Å²) >= 11 is 0. The largest absolute Gasteiger partial charge is 0.503 e. The molecule has 0 spiro atoms. The first-order valence-corrected chi connectivity index (χ1v) is 7.53. The fourth-order valence-electron chi connectivity index (χ4n) is 1.70. The van der Waals surface area contributed by atoms with Gasteiger partial charge in [-0.25, -0.2) is 0 Å². The third kappa shape index (κ3) is 4.12. The highest BCUT2D eigenvalue weighted by atomic mass is 28.4. The minimum atomic E-state index is -2.18. The van der Waals surface area contributed by atoms with Gasteiger partial charge in [-0.1, -0.05) is 0 Å². The maximum Gasteiger partial charge on any atom is 0.503 e. The van der Waals surface area contributed by atoms with Crippen molar-refractivity contribution < 1.29 is 18.0 Å². The Labute approximate surface area is 98.8 Å². The molecule has 0 aromatic heterocycles. The summed E-state index contributed by atoms with van der Waals surface area (Å²) in [5.74, 6) is 0. The van der Waals surface area contributed by atoms with Gasteiger partial charge >= 0.3 is 8.80 Å². The second-order valence-electron chi connectivity index (χ2n) is 3.85. The molecule has 1 aliphatic heterocycles. The number of hydrogen-bond donors (Lipinski definition) is 1. The molecule has 16 heavy (non-hydrogen) atoms. The molecule has 0 unspecified atom stereocenters. The van der Waals surface area contributed by atoms with Crippen molar-refractivity contribution in [2.45, 2.75) is 18.4 Å². The van der Waals surface area contributed by atoms with Gasteiger partial charge < -0.3 is 23.3 Å². The lowest BCUT2D eigenvalue weighted by atomic mass is 10.5. The Kier molecular flexibility index (Phi) is 6.48. The van der Waals surface area contributed by atoms with Crippen LogP contribution in [0.1, 0.15) is 12.8 Å². The van der Waals surface area contributed by atoms with E-state index in [0.717, 1.165) is 26.3 Å². The Bertz CT molecular complexity index is 162. The van der Waals surface area contributed by atoms with Crippen LogP contribution in [0.15, 0.2) is 0 Å². The molecule has 0 aromatic rings. The van der Waals surface area contributed by atoms with Crippen molar-refractivity contribution in [1.82, 2.24) is 5.32 Å². The Morgan fingerprint density at radius 2 is 1.50 bits per heavy atom. The molecule has 2 aliphatic rings. The lowest BCUT2D eigenvalue weighted by Crippen LogP contribution is -2.43. The highest BCUT2D eigenvalue weighted by Crippen LogP contribution is 2.45. The molecule has 0 atom stereocenters. The molecular weight excluding hydrogens is 226 g/mol. The van der Waals surface area contributed by atoms with Gasteiger partial charge in [-0.05, 0) is 12.8 Å². The van der Waals surface area contributed by atoms with Gasteiger partial charge in [-0.3, -0.25) is 0 Å². The van der Waals surface area contributed by atoms with Crippen LogP contribution in [0, 0.1) is 0 Å². The van der Waals surface area contributed by atoms with Crippen molar-refractivity contribution in [3.63, 3.8) is 0 Å². The SMILES string of the molecule is C1COCCN1.CO[Si](OC)(OC)C1CC1. The van der Waals surface area contributed by atoms with E-state index in [4.69, 9.17) is 18.0 Å². The third-order valence-electron chi connectivity index (χ3n) is 2.78. The van der Waals surface area contributed by atoms with E-state index < -0.39 is 8.80 Å². The second kappa shape index (κ2) is 7.36. The predicted octanol–water partition coefficient (Wildman–Crippen LogP) is 0.635. The molecular formula is C10H23NO4Si. The molecule has 1 heterocycles. The van der Waals surface area contributed by atoms with Crippen LogP contribution in [-0.4, -0.2) is 56.4 Å². The van der Waals surface area contributed by atoms with Gasteiger partial charge in [0.2, 0.25) is 0 Å². The van der Waals surface area contributed by atoms with Gasteiger partial charge in [-0.15, -0.1) is 0 Å². The average Bonchev–Trinajstić information content (AvgIpc) is 3.20. The van der Waals surface area contributed by atoms with E-state index in [1.54, 1.807) is 21.3 Å². The molecule has 1 aliphatic carbocycles. The van der Waals surface area contributed by atoms with Crippen molar-refractivity contribution in [2.24, 2.45) is 0 Å². The van der Waals surface area contributed by atoms with Crippen molar-refractivity contribution >= 4 is 8.80 Å². The van der Waals surface area contributed by atoms with Crippen LogP contribution in [-0.2, 0) is 18.0 Å².